The van der Waals surface area contributed by atoms with Gasteiger partial charge in [0.15, 0.2) is 0 Å². The highest BCUT2D eigenvalue weighted by Crippen LogP contribution is 2.30. The predicted octanol–water partition coefficient (Wildman–Crippen LogP) is 2.15. The lowest BCUT2D eigenvalue weighted by Gasteiger charge is -2.24. The van der Waals surface area contributed by atoms with Crippen molar-refractivity contribution in [1.82, 2.24) is 0 Å². The van der Waals surface area contributed by atoms with E-state index in [-0.39, 0.29) is 0 Å². The van der Waals surface area contributed by atoms with E-state index in [0.29, 0.717) is 5.75 Å². The number of ether oxygens (including phenoxy) is 1. The Bertz CT molecular complexity index is 337. The monoisotopic (exact) mass is 224 g/mol. The van der Waals surface area contributed by atoms with Crippen LogP contribution in [0, 0.1) is 0 Å². The molecule has 0 atom stereocenters. The van der Waals surface area contributed by atoms with E-state index in [2.05, 4.69) is 0 Å². The third-order valence-electron chi connectivity index (χ3n) is 2.56. The topological polar surface area (TPSA) is 49.7 Å². The number of hydrogen-bond acceptors (Lipinski definition) is 3. The molecule has 0 spiro atoms. The molecule has 2 N–H and O–H groups in total. The molecule has 0 aliphatic heterocycles. The average molecular weight is 224 g/mol. The van der Waals surface area contributed by atoms with Gasteiger partial charge in [-0.2, -0.15) is 0 Å². The van der Waals surface area contributed by atoms with Crippen molar-refractivity contribution in [3.8, 4) is 5.75 Å². The third kappa shape index (κ3) is 2.97. The largest absolute Gasteiger partial charge is 0.497 e. The normalized spacial score (nSPS) is 12.7. The molecule has 90 valence electrons. The summed E-state index contributed by atoms with van der Waals surface area (Å²) in [5, 5.41) is 19.9. The minimum atomic E-state index is -0.950. The van der Waals surface area contributed by atoms with Crippen LogP contribution in [0.2, 0.25) is 0 Å². The van der Waals surface area contributed by atoms with E-state index in [0.717, 1.165) is 11.1 Å². The second-order valence-electron chi connectivity index (χ2n) is 5.07. The average Bonchev–Trinajstić information content (AvgIpc) is 2.14. The molecule has 0 heterocycles. The molecule has 3 heteroatoms. The van der Waals surface area contributed by atoms with Crippen molar-refractivity contribution < 1.29 is 14.9 Å². The quantitative estimate of drug-likeness (QED) is 0.827. The Balaban J connectivity index is 3.33. The van der Waals surface area contributed by atoms with Crippen molar-refractivity contribution >= 4 is 0 Å². The summed E-state index contributed by atoms with van der Waals surface area (Å²) in [6, 6.07) is 5.34. The first-order valence-corrected chi connectivity index (χ1v) is 5.29. The highest BCUT2D eigenvalue weighted by Gasteiger charge is 2.22. The highest BCUT2D eigenvalue weighted by molar-refractivity contribution is 5.39. The molecular weight excluding hydrogens is 204 g/mol. The Morgan fingerprint density at radius 3 is 1.50 bits per heavy atom. The molecule has 0 saturated heterocycles. The van der Waals surface area contributed by atoms with Crippen LogP contribution in [0.4, 0.5) is 0 Å². The van der Waals surface area contributed by atoms with Crippen molar-refractivity contribution in [3.05, 3.63) is 29.3 Å². The summed E-state index contributed by atoms with van der Waals surface area (Å²) < 4.78 is 5.16. The standard InChI is InChI=1S/C13H20O3/c1-12(2,14)9-6-10(13(3,4)15)8-11(7-9)16-5/h6-8,14-15H,1-5H3. The van der Waals surface area contributed by atoms with Gasteiger partial charge in [0.05, 0.1) is 18.3 Å². The summed E-state index contributed by atoms with van der Waals surface area (Å²) >= 11 is 0. The van der Waals surface area contributed by atoms with Crippen LogP contribution in [-0.4, -0.2) is 17.3 Å². The fourth-order valence-corrected chi connectivity index (χ4v) is 1.42. The summed E-state index contributed by atoms with van der Waals surface area (Å²) in [5.41, 5.74) is -0.448. The number of hydrogen-bond donors (Lipinski definition) is 2. The van der Waals surface area contributed by atoms with Crippen LogP contribution in [0.1, 0.15) is 38.8 Å². The van der Waals surface area contributed by atoms with Gasteiger partial charge >= 0.3 is 0 Å². The van der Waals surface area contributed by atoms with Crippen LogP contribution < -0.4 is 4.74 Å². The lowest BCUT2D eigenvalue weighted by atomic mass is 9.90. The highest BCUT2D eigenvalue weighted by atomic mass is 16.5. The van der Waals surface area contributed by atoms with Gasteiger partial charge in [0.2, 0.25) is 0 Å². The van der Waals surface area contributed by atoms with E-state index in [4.69, 9.17) is 4.74 Å². The summed E-state index contributed by atoms with van der Waals surface area (Å²) in [5.74, 6) is 0.636. The zero-order valence-electron chi connectivity index (χ0n) is 10.5. The van der Waals surface area contributed by atoms with Gasteiger partial charge in [-0.15, -0.1) is 0 Å². The van der Waals surface area contributed by atoms with Gasteiger partial charge in [0, 0.05) is 0 Å². The first-order valence-electron chi connectivity index (χ1n) is 5.29. The van der Waals surface area contributed by atoms with Crippen LogP contribution in [-0.2, 0) is 11.2 Å². The van der Waals surface area contributed by atoms with E-state index in [1.165, 1.54) is 0 Å². The number of rotatable bonds is 3. The Morgan fingerprint density at radius 2 is 1.25 bits per heavy atom. The number of benzene rings is 1. The smallest absolute Gasteiger partial charge is 0.119 e. The SMILES string of the molecule is COc1cc(C(C)(C)O)cc(C(C)(C)O)c1. The molecule has 16 heavy (non-hydrogen) atoms. The van der Waals surface area contributed by atoms with Crippen molar-refractivity contribution in [1.29, 1.82) is 0 Å². The minimum absolute atomic E-state index is 0.636. The molecule has 0 radical (unpaired) electrons. The van der Waals surface area contributed by atoms with E-state index < -0.39 is 11.2 Å². The zero-order chi connectivity index (χ0) is 12.6. The predicted molar refractivity (Wildman–Crippen MR) is 63.5 cm³/mol. The number of aliphatic hydroxyl groups is 2. The molecule has 0 amide bonds. The van der Waals surface area contributed by atoms with E-state index >= 15 is 0 Å². The molecule has 0 fully saturated rings. The first-order chi connectivity index (χ1) is 7.14. The Kier molecular flexibility index (Phi) is 3.31. The van der Waals surface area contributed by atoms with Gasteiger partial charge in [-0.25, -0.2) is 0 Å². The molecule has 0 aliphatic carbocycles. The van der Waals surface area contributed by atoms with Crippen molar-refractivity contribution in [3.63, 3.8) is 0 Å². The fraction of sp³-hybridized carbons (Fsp3) is 0.538. The third-order valence-corrected chi connectivity index (χ3v) is 2.56. The van der Waals surface area contributed by atoms with Crippen molar-refractivity contribution in [2.24, 2.45) is 0 Å². The number of methoxy groups -OCH3 is 1. The van der Waals surface area contributed by atoms with Crippen LogP contribution in [0.25, 0.3) is 0 Å². The van der Waals surface area contributed by atoms with E-state index in [9.17, 15) is 10.2 Å². The summed E-state index contributed by atoms with van der Waals surface area (Å²) in [6.07, 6.45) is 0. The van der Waals surface area contributed by atoms with E-state index in [1.54, 1.807) is 53.0 Å². The lowest BCUT2D eigenvalue weighted by molar-refractivity contribution is 0.0713. The van der Waals surface area contributed by atoms with Crippen LogP contribution in [0.3, 0.4) is 0 Å². The van der Waals surface area contributed by atoms with Crippen molar-refractivity contribution in [2.45, 2.75) is 38.9 Å². The maximum absolute atomic E-state index is 9.96. The molecule has 0 unspecified atom stereocenters. The molecular formula is C13H20O3. The van der Waals surface area contributed by atoms with Gasteiger partial charge < -0.3 is 14.9 Å². The summed E-state index contributed by atoms with van der Waals surface area (Å²) in [6.45, 7) is 6.82. The van der Waals surface area contributed by atoms with Gasteiger partial charge in [0.1, 0.15) is 5.75 Å². The first kappa shape index (κ1) is 13.0. The van der Waals surface area contributed by atoms with Crippen LogP contribution in [0.5, 0.6) is 5.75 Å². The van der Waals surface area contributed by atoms with Crippen LogP contribution in [0.15, 0.2) is 18.2 Å². The fourth-order valence-electron chi connectivity index (χ4n) is 1.42. The Labute approximate surface area is 96.7 Å². The maximum atomic E-state index is 9.96. The van der Waals surface area contributed by atoms with Gasteiger partial charge in [0.25, 0.3) is 0 Å². The molecule has 1 rings (SSSR count). The molecule has 0 aliphatic rings. The molecule has 3 nitrogen and oxygen atoms in total. The van der Waals surface area contributed by atoms with Gasteiger partial charge in [-0.1, -0.05) is 0 Å². The van der Waals surface area contributed by atoms with E-state index in [1.807, 2.05) is 0 Å². The van der Waals surface area contributed by atoms with Crippen LogP contribution >= 0.6 is 0 Å². The summed E-state index contributed by atoms with van der Waals surface area (Å²) in [4.78, 5) is 0. The second-order valence-corrected chi connectivity index (χ2v) is 5.07. The maximum Gasteiger partial charge on any atom is 0.119 e. The zero-order valence-corrected chi connectivity index (χ0v) is 10.5. The Morgan fingerprint density at radius 1 is 0.875 bits per heavy atom. The van der Waals surface area contributed by atoms with Crippen molar-refractivity contribution in [2.75, 3.05) is 7.11 Å². The molecule has 1 aromatic rings. The molecule has 0 saturated carbocycles. The minimum Gasteiger partial charge on any atom is -0.497 e. The molecule has 1 aromatic carbocycles. The van der Waals surface area contributed by atoms with Gasteiger partial charge in [-0.3, -0.25) is 0 Å². The lowest BCUT2D eigenvalue weighted by Crippen LogP contribution is -2.20. The Hall–Kier alpha value is -1.06. The van der Waals surface area contributed by atoms with Gasteiger partial charge in [-0.05, 0) is 57.0 Å². The molecule has 0 bridgehead atoms. The molecule has 0 aromatic heterocycles. The summed E-state index contributed by atoms with van der Waals surface area (Å²) in [7, 11) is 1.57. The second kappa shape index (κ2) is 4.07.